The van der Waals surface area contributed by atoms with E-state index in [4.69, 9.17) is 9.47 Å². The van der Waals surface area contributed by atoms with Crippen molar-refractivity contribution in [3.05, 3.63) is 64.1 Å². The van der Waals surface area contributed by atoms with Crippen molar-refractivity contribution in [2.75, 3.05) is 23.3 Å². The van der Waals surface area contributed by atoms with Gasteiger partial charge in [-0.3, -0.25) is 9.52 Å². The molecule has 4 rings (SSSR count). The average molecular weight is 538 g/mol. The number of thiazole rings is 1. The molecule has 0 saturated carbocycles. The summed E-state index contributed by atoms with van der Waals surface area (Å²) in [5.74, 6) is 0.312. The number of sulfonamides is 1. The van der Waals surface area contributed by atoms with E-state index in [2.05, 4.69) is 31.0 Å². The van der Waals surface area contributed by atoms with Crippen molar-refractivity contribution in [1.82, 2.24) is 4.98 Å². The van der Waals surface area contributed by atoms with Crippen molar-refractivity contribution in [2.45, 2.75) is 23.8 Å². The molecular weight excluding hydrogens is 518 g/mol. The Hall–Kier alpha value is -2.47. The van der Waals surface area contributed by atoms with Crippen LogP contribution in [0.25, 0.3) is 0 Å². The first-order chi connectivity index (χ1) is 15.4. The van der Waals surface area contributed by atoms with Crippen LogP contribution in [0.4, 0.5) is 10.8 Å². The quantitative estimate of drug-likeness (QED) is 0.437. The minimum Gasteiger partial charge on any atom is -0.490 e. The van der Waals surface area contributed by atoms with Gasteiger partial charge in [-0.2, -0.15) is 0 Å². The summed E-state index contributed by atoms with van der Waals surface area (Å²) in [6.07, 6.45) is 3.65. The highest BCUT2D eigenvalue weighted by molar-refractivity contribution is 9.10. The Morgan fingerprint density at radius 3 is 2.72 bits per heavy atom. The van der Waals surface area contributed by atoms with E-state index in [0.717, 1.165) is 19.4 Å². The SMILES string of the molecule is O=C(Nc1ccc(S(=O)(=O)Nc2nccs2)cc1)c1ccc(OCC2CCCO2)c(Br)c1. The third-order valence-corrected chi connectivity index (χ3v) is 7.51. The van der Waals surface area contributed by atoms with Crippen molar-refractivity contribution in [2.24, 2.45) is 0 Å². The maximum Gasteiger partial charge on any atom is 0.263 e. The van der Waals surface area contributed by atoms with Crippen LogP contribution >= 0.6 is 27.3 Å². The molecule has 1 unspecified atom stereocenters. The smallest absolute Gasteiger partial charge is 0.263 e. The van der Waals surface area contributed by atoms with Gasteiger partial charge in [0.25, 0.3) is 15.9 Å². The number of hydrogen-bond acceptors (Lipinski definition) is 7. The van der Waals surface area contributed by atoms with Crippen molar-refractivity contribution in [1.29, 1.82) is 0 Å². The highest BCUT2D eigenvalue weighted by Gasteiger charge is 2.18. The molecule has 1 fully saturated rings. The largest absolute Gasteiger partial charge is 0.490 e. The lowest BCUT2D eigenvalue weighted by Crippen LogP contribution is -2.17. The van der Waals surface area contributed by atoms with Crippen LogP contribution in [0.5, 0.6) is 5.75 Å². The molecule has 2 heterocycles. The Morgan fingerprint density at radius 1 is 1.25 bits per heavy atom. The van der Waals surface area contributed by atoms with Gasteiger partial charge in [-0.15, -0.1) is 11.3 Å². The summed E-state index contributed by atoms with van der Waals surface area (Å²) in [5, 5.41) is 4.73. The second kappa shape index (κ2) is 9.99. The zero-order valence-corrected chi connectivity index (χ0v) is 20.0. The third kappa shape index (κ3) is 5.66. The summed E-state index contributed by atoms with van der Waals surface area (Å²) in [6, 6.07) is 11.0. The summed E-state index contributed by atoms with van der Waals surface area (Å²) < 4.78 is 39.2. The van der Waals surface area contributed by atoms with Gasteiger partial charge in [0.05, 0.1) is 15.5 Å². The number of anilines is 2. The first kappa shape index (κ1) is 22.7. The first-order valence-corrected chi connectivity index (χ1v) is 12.9. The monoisotopic (exact) mass is 537 g/mol. The van der Waals surface area contributed by atoms with Crippen LogP contribution in [0, 0.1) is 0 Å². The highest BCUT2D eigenvalue weighted by atomic mass is 79.9. The van der Waals surface area contributed by atoms with E-state index in [-0.39, 0.29) is 22.0 Å². The summed E-state index contributed by atoms with van der Waals surface area (Å²) in [5.41, 5.74) is 0.904. The Bertz CT molecular complexity index is 1180. The number of nitrogens with zero attached hydrogens (tertiary/aromatic N) is 1. The zero-order chi connectivity index (χ0) is 22.6. The van der Waals surface area contributed by atoms with Gasteiger partial charge in [0.15, 0.2) is 5.13 Å². The van der Waals surface area contributed by atoms with Crippen LogP contribution < -0.4 is 14.8 Å². The van der Waals surface area contributed by atoms with Gasteiger partial charge in [-0.25, -0.2) is 13.4 Å². The van der Waals surface area contributed by atoms with Gasteiger partial charge in [-0.05, 0) is 71.2 Å². The van der Waals surface area contributed by atoms with Crippen LogP contribution in [0.1, 0.15) is 23.2 Å². The fraction of sp³-hybridized carbons (Fsp3) is 0.238. The minimum absolute atomic E-state index is 0.0705. The maximum atomic E-state index is 12.6. The van der Waals surface area contributed by atoms with Crippen molar-refractivity contribution in [3.63, 3.8) is 0 Å². The molecule has 1 aliphatic rings. The molecule has 0 spiro atoms. The van der Waals surface area contributed by atoms with Crippen LogP contribution in [0.15, 0.2) is 63.4 Å². The van der Waals surface area contributed by atoms with Gasteiger partial charge in [-0.1, -0.05) is 0 Å². The molecule has 1 atom stereocenters. The zero-order valence-electron chi connectivity index (χ0n) is 16.8. The summed E-state index contributed by atoms with van der Waals surface area (Å²) >= 11 is 4.63. The molecule has 1 saturated heterocycles. The predicted octanol–water partition coefficient (Wildman–Crippen LogP) is 4.52. The molecule has 2 N–H and O–H groups in total. The molecule has 0 aliphatic carbocycles. The van der Waals surface area contributed by atoms with Crippen molar-refractivity contribution >= 4 is 54.0 Å². The van der Waals surface area contributed by atoms with Gasteiger partial charge in [0.2, 0.25) is 0 Å². The molecule has 0 bridgehead atoms. The van der Waals surface area contributed by atoms with E-state index in [9.17, 15) is 13.2 Å². The molecule has 1 aliphatic heterocycles. The second-order valence-electron chi connectivity index (χ2n) is 7.01. The number of nitrogens with one attached hydrogen (secondary N) is 2. The Kier molecular flexibility index (Phi) is 7.09. The number of carbonyl (C=O) groups is 1. The fourth-order valence-electron chi connectivity index (χ4n) is 3.09. The molecule has 1 aromatic heterocycles. The third-order valence-electron chi connectivity index (χ3n) is 4.72. The number of amides is 1. The minimum atomic E-state index is -3.75. The molecule has 1 amide bonds. The predicted molar refractivity (Wildman–Crippen MR) is 126 cm³/mol. The average Bonchev–Trinajstić information content (AvgIpc) is 3.47. The summed E-state index contributed by atoms with van der Waals surface area (Å²) in [6.45, 7) is 1.24. The van der Waals surface area contributed by atoms with Crippen LogP contribution in [0.3, 0.4) is 0 Å². The lowest BCUT2D eigenvalue weighted by Gasteiger charge is -2.13. The van der Waals surface area contributed by atoms with Gasteiger partial charge < -0.3 is 14.8 Å². The van der Waals surface area contributed by atoms with Crippen LogP contribution in [-0.2, 0) is 14.8 Å². The van der Waals surface area contributed by atoms with Crippen molar-refractivity contribution < 1.29 is 22.7 Å². The van der Waals surface area contributed by atoms with Crippen LogP contribution in [0.2, 0.25) is 0 Å². The van der Waals surface area contributed by atoms with E-state index in [1.165, 1.54) is 41.8 Å². The number of halogens is 1. The molecule has 2 aromatic carbocycles. The lowest BCUT2D eigenvalue weighted by molar-refractivity contribution is 0.0677. The second-order valence-corrected chi connectivity index (χ2v) is 10.4. The topological polar surface area (TPSA) is 107 Å². The standard InChI is InChI=1S/C21H20BrN3O5S2/c22-18-12-14(3-8-19(18)30-13-16-2-1-10-29-16)20(26)24-15-4-6-17(7-5-15)32(27,28)25-21-23-9-11-31-21/h3-9,11-12,16H,1-2,10,13H2,(H,23,25)(H,24,26). The number of aromatic nitrogens is 1. The van der Waals surface area contributed by atoms with Crippen LogP contribution in [-0.4, -0.2) is 38.6 Å². The molecule has 32 heavy (non-hydrogen) atoms. The molecular formula is C21H20BrN3O5S2. The normalized spacial score (nSPS) is 16.0. The number of ether oxygens (including phenoxy) is 2. The fourth-order valence-corrected chi connectivity index (χ4v) is 5.37. The number of rotatable bonds is 8. The van der Waals surface area contributed by atoms with E-state index >= 15 is 0 Å². The Morgan fingerprint density at radius 2 is 2.06 bits per heavy atom. The summed E-state index contributed by atoms with van der Waals surface area (Å²) in [4.78, 5) is 16.6. The summed E-state index contributed by atoms with van der Waals surface area (Å²) in [7, 11) is -3.75. The number of benzene rings is 2. The molecule has 168 valence electrons. The molecule has 3 aromatic rings. The van der Waals surface area contributed by atoms with Gasteiger partial charge in [0, 0.05) is 29.4 Å². The van der Waals surface area contributed by atoms with Gasteiger partial charge in [0.1, 0.15) is 12.4 Å². The maximum absolute atomic E-state index is 12.6. The van der Waals surface area contributed by atoms with E-state index < -0.39 is 10.0 Å². The van der Waals surface area contributed by atoms with E-state index in [0.29, 0.717) is 28.1 Å². The van der Waals surface area contributed by atoms with E-state index in [1.807, 2.05) is 0 Å². The first-order valence-electron chi connectivity index (χ1n) is 9.78. The lowest BCUT2D eigenvalue weighted by atomic mass is 10.2. The molecule has 8 nitrogen and oxygen atoms in total. The Balaban J connectivity index is 1.37. The number of carbonyl (C=O) groups excluding carboxylic acids is 1. The number of hydrogen-bond donors (Lipinski definition) is 2. The highest BCUT2D eigenvalue weighted by Crippen LogP contribution is 2.28. The van der Waals surface area contributed by atoms with Gasteiger partial charge >= 0.3 is 0 Å². The molecule has 11 heteroatoms. The van der Waals surface area contributed by atoms with Crippen molar-refractivity contribution in [3.8, 4) is 5.75 Å². The Labute approximate surface area is 198 Å². The molecule has 0 radical (unpaired) electrons. The van der Waals surface area contributed by atoms with E-state index in [1.54, 1.807) is 23.6 Å².